The van der Waals surface area contributed by atoms with Crippen LogP contribution in [0, 0.1) is 23.2 Å². The van der Waals surface area contributed by atoms with Crippen molar-refractivity contribution in [1.82, 2.24) is 4.98 Å². The second-order valence-corrected chi connectivity index (χ2v) is 12.8. The average molecular weight is 707 g/mol. The van der Waals surface area contributed by atoms with Crippen LogP contribution >= 0.6 is 0 Å². The molecule has 0 radical (unpaired) electrons. The summed E-state index contributed by atoms with van der Waals surface area (Å²) in [7, 11) is 2.34. The van der Waals surface area contributed by atoms with Gasteiger partial charge in [0.2, 0.25) is 0 Å². The van der Waals surface area contributed by atoms with Gasteiger partial charge >= 0.3 is 11.9 Å². The number of unbranched alkanes of at least 4 members (excludes halogenated alkanes) is 1. The number of hydrogen-bond donors (Lipinski definition) is 4. The van der Waals surface area contributed by atoms with E-state index < -0.39 is 17.6 Å². The van der Waals surface area contributed by atoms with E-state index in [1.807, 2.05) is 19.9 Å². The zero-order chi connectivity index (χ0) is 38.1. The predicted molar refractivity (Wildman–Crippen MR) is 193 cm³/mol. The second kappa shape index (κ2) is 26.2. The van der Waals surface area contributed by atoms with Crippen LogP contribution in [-0.2, 0) is 33.3 Å². The normalized spacial score (nSPS) is 18.4. The summed E-state index contributed by atoms with van der Waals surface area (Å²) >= 11 is 0. The van der Waals surface area contributed by atoms with E-state index in [0.29, 0.717) is 24.6 Å². The number of esters is 2. The molecule has 3 atom stereocenters. The highest BCUT2D eigenvalue weighted by atomic mass is 16.6. The van der Waals surface area contributed by atoms with Crippen LogP contribution in [0.5, 0.6) is 0 Å². The number of carbonyl (C=O) groups excluding carboxylic acids is 3. The quantitative estimate of drug-likeness (QED) is 0.0935. The fourth-order valence-electron chi connectivity index (χ4n) is 5.06. The van der Waals surface area contributed by atoms with Gasteiger partial charge in [-0.15, -0.1) is 0 Å². The van der Waals surface area contributed by atoms with Crippen molar-refractivity contribution in [2.45, 2.75) is 130 Å². The highest BCUT2D eigenvalue weighted by molar-refractivity contribution is 6.08. The molecule has 1 saturated heterocycles. The first-order chi connectivity index (χ1) is 23.8. The lowest BCUT2D eigenvalue weighted by atomic mass is 9.87. The minimum absolute atomic E-state index is 0.122. The lowest BCUT2D eigenvalue weighted by molar-refractivity contribution is -0.149. The van der Waals surface area contributed by atoms with Crippen LogP contribution in [0.25, 0.3) is 0 Å². The molecule has 284 valence electrons. The van der Waals surface area contributed by atoms with Crippen LogP contribution in [0.1, 0.15) is 123 Å². The number of aromatic nitrogens is 1. The number of H-pyrrole nitrogens is 1. The Morgan fingerprint density at radius 2 is 1.80 bits per heavy atom. The molecule has 1 aromatic rings. The van der Waals surface area contributed by atoms with Crippen LogP contribution in [0.15, 0.2) is 22.1 Å². The van der Waals surface area contributed by atoms with E-state index in [1.54, 1.807) is 26.0 Å². The first-order valence-electron chi connectivity index (χ1n) is 17.4. The number of amides is 1. The minimum Gasteiger partial charge on any atom is -0.468 e. The Morgan fingerprint density at radius 1 is 1.16 bits per heavy atom. The second-order valence-electron chi connectivity index (χ2n) is 12.8. The van der Waals surface area contributed by atoms with Crippen molar-refractivity contribution in [3.63, 3.8) is 0 Å². The van der Waals surface area contributed by atoms with Crippen LogP contribution < -0.4 is 11.5 Å². The molecule has 1 amide bonds. The Hall–Kier alpha value is -3.64. The maximum Gasteiger partial charge on any atom is 0.322 e. The molecular formula is C36H62N6O8. The molecule has 1 aliphatic carbocycles. The van der Waals surface area contributed by atoms with Crippen molar-refractivity contribution < 1.29 is 38.4 Å². The number of nitriles is 1. The predicted octanol–water partition coefficient (Wildman–Crippen LogP) is 4.88. The number of rotatable bonds is 13. The number of aromatic amines is 1. The molecule has 1 saturated carbocycles. The molecule has 14 heteroatoms. The summed E-state index contributed by atoms with van der Waals surface area (Å²) < 4.78 is 21.8. The maximum absolute atomic E-state index is 12.8. The first kappa shape index (κ1) is 46.4. The van der Waals surface area contributed by atoms with Crippen LogP contribution in [0.4, 0.5) is 0 Å². The number of nitrogens with two attached hydrogens (primary N) is 2. The summed E-state index contributed by atoms with van der Waals surface area (Å²) in [4.78, 5) is 47.1. The molecular weight excluding hydrogens is 644 g/mol. The van der Waals surface area contributed by atoms with Crippen LogP contribution in [0.3, 0.4) is 0 Å². The van der Waals surface area contributed by atoms with Crippen molar-refractivity contribution in [2.75, 3.05) is 27.4 Å². The van der Waals surface area contributed by atoms with E-state index in [4.69, 9.17) is 36.0 Å². The summed E-state index contributed by atoms with van der Waals surface area (Å²) in [5.74, 6) is -0.0896. The minimum atomic E-state index is -1.06. The van der Waals surface area contributed by atoms with Gasteiger partial charge in [0, 0.05) is 32.8 Å². The molecule has 2 aliphatic rings. The average Bonchev–Trinajstić information content (AvgIpc) is 3.79. The summed E-state index contributed by atoms with van der Waals surface area (Å²) in [6.07, 6.45) is 10.7. The molecule has 2 fully saturated rings. The van der Waals surface area contributed by atoms with Gasteiger partial charge in [0.1, 0.15) is 18.2 Å². The number of aliphatic hydroxyl groups is 1. The largest absolute Gasteiger partial charge is 0.468 e. The molecule has 0 bridgehead atoms. The number of amidine groups is 1. The molecule has 1 aliphatic heterocycles. The fraction of sp³-hybridized carbons (Fsp3) is 0.722. The van der Waals surface area contributed by atoms with Gasteiger partial charge in [-0.25, -0.2) is 4.99 Å². The lowest BCUT2D eigenvalue weighted by Gasteiger charge is -2.21. The van der Waals surface area contributed by atoms with Gasteiger partial charge in [-0.2, -0.15) is 10.3 Å². The van der Waals surface area contributed by atoms with Gasteiger partial charge in [-0.1, -0.05) is 46.5 Å². The Bertz CT molecular complexity index is 1220. The highest BCUT2D eigenvalue weighted by Crippen LogP contribution is 2.33. The van der Waals surface area contributed by atoms with Crippen molar-refractivity contribution in [3.05, 3.63) is 23.5 Å². The van der Waals surface area contributed by atoms with Crippen LogP contribution in [0.2, 0.25) is 0 Å². The lowest BCUT2D eigenvalue weighted by Crippen LogP contribution is -2.36. The third-order valence-electron chi connectivity index (χ3n) is 8.09. The van der Waals surface area contributed by atoms with E-state index >= 15 is 0 Å². The molecule has 2 heterocycles. The van der Waals surface area contributed by atoms with Gasteiger partial charge in [-0.05, 0) is 69.9 Å². The number of aliphatic hydroxyl groups excluding tert-OH is 1. The molecule has 6 N–H and O–H groups in total. The molecule has 3 rings (SSSR count). The molecule has 0 spiro atoms. The number of nitrogens with one attached hydrogen (secondary N) is 1. The Morgan fingerprint density at radius 3 is 2.34 bits per heavy atom. The third-order valence-corrected chi connectivity index (χ3v) is 8.09. The number of carbonyl (C=O) groups is 3. The smallest absolute Gasteiger partial charge is 0.322 e. The van der Waals surface area contributed by atoms with Crippen molar-refractivity contribution in [2.24, 2.45) is 33.3 Å². The molecule has 0 aromatic carbocycles. The maximum atomic E-state index is 12.8. The van der Waals surface area contributed by atoms with E-state index in [2.05, 4.69) is 26.6 Å². The zero-order valence-electron chi connectivity index (χ0n) is 31.4. The zero-order valence-corrected chi connectivity index (χ0v) is 31.4. The van der Waals surface area contributed by atoms with E-state index in [-0.39, 0.29) is 42.5 Å². The van der Waals surface area contributed by atoms with Gasteiger partial charge < -0.3 is 40.5 Å². The Balaban J connectivity index is 0.00000146. The number of aliphatic imine (C=N–C) groups is 2. The van der Waals surface area contributed by atoms with E-state index in [9.17, 15) is 14.4 Å². The molecule has 14 nitrogen and oxygen atoms in total. The van der Waals surface area contributed by atoms with Gasteiger partial charge in [0.05, 0.1) is 37.4 Å². The Labute approximate surface area is 298 Å². The fourth-order valence-corrected chi connectivity index (χ4v) is 5.06. The summed E-state index contributed by atoms with van der Waals surface area (Å²) in [5, 5.41) is 14.3. The van der Waals surface area contributed by atoms with Crippen LogP contribution in [-0.4, -0.2) is 85.3 Å². The first-order valence-corrected chi connectivity index (χ1v) is 17.4. The van der Waals surface area contributed by atoms with Crippen molar-refractivity contribution >= 4 is 30.0 Å². The standard InChI is InChI=1S/C27H42N4O5.C6H13NO2.C2H3N.CH4O/c1-4-5-15-35-27(2,3)26(33)31-25(29-18-28)22-13-12-21(30-22)23-14-11-20(36-23)17-34-24(32)16-19-9-7-6-8-10-19;1-4(2)5(7)6(8)9-3;1-2-3;1-2/h12-13,18-20,23,30H,4-11,14-17H2,1-3H3,(H2,28,29,31,33);4-5H,7H2,1-3H3;1H3;2H,1H3. The third kappa shape index (κ3) is 17.8. The molecule has 1 aromatic heterocycles. The van der Waals surface area contributed by atoms with Gasteiger partial charge in [0.25, 0.3) is 5.91 Å². The Kier molecular flexibility index (Phi) is 24.3. The summed E-state index contributed by atoms with van der Waals surface area (Å²) in [5.41, 5.74) is 11.3. The summed E-state index contributed by atoms with van der Waals surface area (Å²) in [6, 6.07) is 4.97. The highest BCUT2D eigenvalue weighted by Gasteiger charge is 2.31. The number of methoxy groups -OCH3 is 1. The SMILES string of the molecule is CC#N.CCCCOC(C)(C)C(=O)N=C(N=CN)c1ccc(C2CCC(COC(=O)CC3CCCCC3)O2)[nH]1.CO.COC(=O)C(N)C(C)C. The molecule has 50 heavy (non-hydrogen) atoms. The monoisotopic (exact) mass is 706 g/mol. The summed E-state index contributed by atoms with van der Waals surface area (Å²) in [6.45, 7) is 11.4. The van der Waals surface area contributed by atoms with Gasteiger partial charge in [0.15, 0.2) is 5.84 Å². The van der Waals surface area contributed by atoms with Crippen molar-refractivity contribution in [3.8, 4) is 6.07 Å². The topological polar surface area (TPSA) is 225 Å². The van der Waals surface area contributed by atoms with E-state index in [0.717, 1.165) is 57.7 Å². The van der Waals surface area contributed by atoms with E-state index in [1.165, 1.54) is 33.3 Å². The van der Waals surface area contributed by atoms with Crippen molar-refractivity contribution in [1.29, 1.82) is 5.26 Å². The number of nitrogens with zero attached hydrogens (tertiary/aromatic N) is 3. The number of hydrogen-bond acceptors (Lipinski definition) is 10. The van der Waals surface area contributed by atoms with Gasteiger partial charge in [-0.3, -0.25) is 14.4 Å². The molecule has 3 unspecified atom stereocenters. The number of ether oxygens (including phenoxy) is 4.